The number of pyridine rings is 1. The zero-order valence-electron chi connectivity index (χ0n) is 12.4. The van der Waals surface area contributed by atoms with Crippen LogP contribution >= 0.6 is 11.3 Å². The third-order valence-electron chi connectivity index (χ3n) is 2.98. The van der Waals surface area contributed by atoms with Gasteiger partial charge >= 0.3 is 0 Å². The second kappa shape index (κ2) is 6.03. The molecule has 3 aromatic rings. The summed E-state index contributed by atoms with van der Waals surface area (Å²) in [4.78, 5) is 10.6. The summed E-state index contributed by atoms with van der Waals surface area (Å²) in [5.41, 5.74) is 7.54. The molecule has 0 fully saturated rings. The van der Waals surface area contributed by atoms with E-state index in [1.165, 1.54) is 11.3 Å². The molecule has 0 aliphatic carbocycles. The maximum absolute atomic E-state index is 5.98. The lowest BCUT2D eigenvalue weighted by atomic mass is 10.2. The molecular formula is C16H16N4OS. The van der Waals surface area contributed by atoms with Crippen LogP contribution in [-0.4, -0.2) is 24.1 Å². The molecule has 22 heavy (non-hydrogen) atoms. The molecule has 5 nitrogen and oxygen atoms in total. The molecule has 1 aromatic carbocycles. The largest absolute Gasteiger partial charge is 0.444 e. The maximum Gasteiger partial charge on any atom is 0.210 e. The molecular weight excluding hydrogens is 296 g/mol. The van der Waals surface area contributed by atoms with Crippen LogP contribution in [0, 0.1) is 0 Å². The van der Waals surface area contributed by atoms with Crippen molar-refractivity contribution in [1.82, 2.24) is 9.97 Å². The highest BCUT2D eigenvalue weighted by molar-refractivity contribution is 7.17. The summed E-state index contributed by atoms with van der Waals surface area (Å²) < 4.78 is 5.98. The Morgan fingerprint density at radius 1 is 1.14 bits per heavy atom. The van der Waals surface area contributed by atoms with Gasteiger partial charge in [-0.3, -0.25) is 0 Å². The van der Waals surface area contributed by atoms with Crippen molar-refractivity contribution in [3.05, 3.63) is 48.7 Å². The minimum atomic E-state index is 0.427. The van der Waals surface area contributed by atoms with Crippen molar-refractivity contribution in [2.75, 3.05) is 24.7 Å². The van der Waals surface area contributed by atoms with Crippen molar-refractivity contribution in [2.45, 2.75) is 0 Å². The SMILES string of the molecule is CN(C)c1nc(-c2ccccc2)c(Oc2ccnc(N)c2)s1. The minimum absolute atomic E-state index is 0.427. The molecule has 0 saturated heterocycles. The highest BCUT2D eigenvalue weighted by atomic mass is 32.1. The predicted octanol–water partition coefficient (Wildman–Crippen LogP) is 3.65. The van der Waals surface area contributed by atoms with Crippen molar-refractivity contribution >= 4 is 22.3 Å². The van der Waals surface area contributed by atoms with Gasteiger partial charge in [0.2, 0.25) is 5.06 Å². The molecule has 2 heterocycles. The quantitative estimate of drug-likeness (QED) is 0.796. The van der Waals surface area contributed by atoms with Crippen LogP contribution in [0.5, 0.6) is 10.8 Å². The summed E-state index contributed by atoms with van der Waals surface area (Å²) in [6, 6.07) is 13.5. The van der Waals surface area contributed by atoms with Crippen molar-refractivity contribution < 1.29 is 4.74 Å². The first-order valence-electron chi connectivity index (χ1n) is 6.76. The summed E-state index contributed by atoms with van der Waals surface area (Å²) in [6.07, 6.45) is 1.63. The number of rotatable bonds is 4. The molecule has 0 spiro atoms. The molecule has 2 aromatic heterocycles. The van der Waals surface area contributed by atoms with E-state index in [9.17, 15) is 0 Å². The first kappa shape index (κ1) is 14.3. The summed E-state index contributed by atoms with van der Waals surface area (Å²) in [6.45, 7) is 0. The summed E-state index contributed by atoms with van der Waals surface area (Å²) >= 11 is 1.49. The van der Waals surface area contributed by atoms with E-state index >= 15 is 0 Å². The second-order valence-corrected chi connectivity index (χ2v) is 5.85. The molecule has 6 heteroatoms. The average Bonchev–Trinajstić information content (AvgIpc) is 2.92. The van der Waals surface area contributed by atoms with Gasteiger partial charge in [0.05, 0.1) is 0 Å². The monoisotopic (exact) mass is 312 g/mol. The number of nitrogen functional groups attached to an aromatic ring is 1. The molecule has 0 saturated carbocycles. The summed E-state index contributed by atoms with van der Waals surface area (Å²) in [5.74, 6) is 1.08. The van der Waals surface area contributed by atoms with E-state index in [-0.39, 0.29) is 0 Å². The van der Waals surface area contributed by atoms with Crippen LogP contribution in [0.1, 0.15) is 0 Å². The highest BCUT2D eigenvalue weighted by Crippen LogP contribution is 2.41. The standard InChI is InChI=1S/C16H16N4OS/c1-20(2)16-19-14(11-6-4-3-5-7-11)15(22-16)21-12-8-9-18-13(17)10-12/h3-10H,1-2H3,(H2,17,18). The van der Waals surface area contributed by atoms with Crippen molar-refractivity contribution in [3.63, 3.8) is 0 Å². The number of nitrogens with zero attached hydrogens (tertiary/aromatic N) is 3. The number of anilines is 2. The van der Waals surface area contributed by atoms with Gasteiger partial charge in [0, 0.05) is 31.9 Å². The summed E-state index contributed by atoms with van der Waals surface area (Å²) in [5, 5.41) is 1.62. The van der Waals surface area contributed by atoms with Crippen LogP contribution in [0.2, 0.25) is 0 Å². The van der Waals surface area contributed by atoms with E-state index in [1.54, 1.807) is 18.3 Å². The van der Waals surface area contributed by atoms with Gasteiger partial charge in [-0.1, -0.05) is 41.7 Å². The maximum atomic E-state index is 5.98. The smallest absolute Gasteiger partial charge is 0.210 e. The van der Waals surface area contributed by atoms with Crippen LogP contribution in [0.3, 0.4) is 0 Å². The van der Waals surface area contributed by atoms with Gasteiger partial charge in [-0.15, -0.1) is 0 Å². The van der Waals surface area contributed by atoms with Gasteiger partial charge < -0.3 is 15.4 Å². The van der Waals surface area contributed by atoms with Crippen molar-refractivity contribution in [2.24, 2.45) is 0 Å². The molecule has 0 atom stereocenters. The fraction of sp³-hybridized carbons (Fsp3) is 0.125. The Kier molecular flexibility index (Phi) is 3.93. The normalized spacial score (nSPS) is 10.5. The van der Waals surface area contributed by atoms with Gasteiger partial charge in [0.25, 0.3) is 0 Å². The lowest BCUT2D eigenvalue weighted by Gasteiger charge is -2.05. The van der Waals surface area contributed by atoms with Crippen molar-refractivity contribution in [3.8, 4) is 22.1 Å². The predicted molar refractivity (Wildman–Crippen MR) is 90.6 cm³/mol. The van der Waals surface area contributed by atoms with E-state index in [2.05, 4.69) is 9.97 Å². The Hall–Kier alpha value is -2.60. The Morgan fingerprint density at radius 3 is 2.59 bits per heavy atom. The lowest BCUT2D eigenvalue weighted by Crippen LogP contribution is -2.07. The first-order valence-corrected chi connectivity index (χ1v) is 7.58. The second-order valence-electron chi connectivity index (χ2n) is 4.91. The first-order chi connectivity index (χ1) is 10.6. The molecule has 0 amide bonds. The average molecular weight is 312 g/mol. The van der Waals surface area contributed by atoms with Gasteiger partial charge in [-0.25, -0.2) is 9.97 Å². The Labute approximate surface area is 133 Å². The number of thiazole rings is 1. The fourth-order valence-electron chi connectivity index (χ4n) is 1.93. The number of benzene rings is 1. The Bertz CT molecular complexity index is 771. The highest BCUT2D eigenvalue weighted by Gasteiger charge is 2.16. The molecule has 3 rings (SSSR count). The van der Waals surface area contributed by atoms with Crippen LogP contribution < -0.4 is 15.4 Å². The fourth-order valence-corrected chi connectivity index (χ4v) is 2.82. The zero-order valence-corrected chi connectivity index (χ0v) is 13.2. The summed E-state index contributed by atoms with van der Waals surface area (Å²) in [7, 11) is 3.92. The van der Waals surface area contributed by atoms with Crippen LogP contribution in [0.25, 0.3) is 11.3 Å². The molecule has 0 radical (unpaired) electrons. The molecule has 0 unspecified atom stereocenters. The minimum Gasteiger partial charge on any atom is -0.444 e. The number of hydrogen-bond acceptors (Lipinski definition) is 6. The Balaban J connectivity index is 2.02. The molecule has 112 valence electrons. The third-order valence-corrected chi connectivity index (χ3v) is 4.08. The third kappa shape index (κ3) is 3.01. The van der Waals surface area contributed by atoms with Gasteiger partial charge in [-0.05, 0) is 6.07 Å². The van der Waals surface area contributed by atoms with E-state index < -0.39 is 0 Å². The molecule has 0 bridgehead atoms. The van der Waals surface area contributed by atoms with E-state index in [1.807, 2.05) is 49.3 Å². The van der Waals surface area contributed by atoms with Crippen LogP contribution in [-0.2, 0) is 0 Å². The van der Waals surface area contributed by atoms with Gasteiger partial charge in [0.15, 0.2) is 5.13 Å². The Morgan fingerprint density at radius 2 is 1.91 bits per heavy atom. The number of aromatic nitrogens is 2. The van der Waals surface area contributed by atoms with Gasteiger partial charge in [0.1, 0.15) is 17.3 Å². The van der Waals surface area contributed by atoms with Crippen LogP contribution in [0.4, 0.5) is 10.9 Å². The number of ether oxygens (including phenoxy) is 1. The molecule has 0 aliphatic heterocycles. The van der Waals surface area contributed by atoms with Crippen molar-refractivity contribution in [1.29, 1.82) is 0 Å². The van der Waals surface area contributed by atoms with Crippen LogP contribution in [0.15, 0.2) is 48.7 Å². The molecule has 2 N–H and O–H groups in total. The number of nitrogens with two attached hydrogens (primary N) is 1. The zero-order chi connectivity index (χ0) is 15.5. The van der Waals surface area contributed by atoms with E-state index in [0.29, 0.717) is 11.6 Å². The van der Waals surface area contributed by atoms with E-state index in [4.69, 9.17) is 10.5 Å². The van der Waals surface area contributed by atoms with E-state index in [0.717, 1.165) is 21.5 Å². The van der Waals surface area contributed by atoms with Gasteiger partial charge in [-0.2, -0.15) is 0 Å². The molecule has 0 aliphatic rings. The lowest BCUT2D eigenvalue weighted by molar-refractivity contribution is 0.496. The topological polar surface area (TPSA) is 64.3 Å². The number of hydrogen-bond donors (Lipinski definition) is 1.